The third-order valence-corrected chi connectivity index (χ3v) is 3.41. The van der Waals surface area contributed by atoms with E-state index in [9.17, 15) is 9.59 Å². The van der Waals surface area contributed by atoms with Crippen LogP contribution in [0.1, 0.15) is 36.5 Å². The third-order valence-electron chi connectivity index (χ3n) is 3.41. The largest absolute Gasteiger partial charge is 0.480 e. The molecule has 1 unspecified atom stereocenters. The van der Waals surface area contributed by atoms with E-state index in [4.69, 9.17) is 9.52 Å². The van der Waals surface area contributed by atoms with Crippen LogP contribution in [0.3, 0.4) is 0 Å². The number of carboxylic acids is 1. The number of carbonyl (C=O) groups is 2. The van der Waals surface area contributed by atoms with E-state index in [0.717, 1.165) is 5.69 Å². The molecule has 2 heterocycles. The summed E-state index contributed by atoms with van der Waals surface area (Å²) >= 11 is 0. The minimum Gasteiger partial charge on any atom is -0.480 e. The monoisotopic (exact) mass is 290 g/mol. The van der Waals surface area contributed by atoms with E-state index in [1.54, 1.807) is 18.2 Å². The SMILES string of the molecule is CCC(C)N(CC(=O)O)C(=O)c1cc2nc(C)ccc2o1. The van der Waals surface area contributed by atoms with E-state index >= 15 is 0 Å². The second-order valence-electron chi connectivity index (χ2n) is 5.03. The predicted octanol–water partition coefficient (Wildman–Crippen LogP) is 2.46. The van der Waals surface area contributed by atoms with Crippen molar-refractivity contribution in [3.8, 4) is 0 Å². The van der Waals surface area contributed by atoms with Gasteiger partial charge in [0.25, 0.3) is 5.91 Å². The standard InChI is InChI=1S/C15H18N2O4/c1-4-10(3)17(8-14(18)19)15(20)13-7-11-12(21-13)6-5-9(2)16-11/h5-7,10H,4,8H2,1-3H3,(H,18,19). The van der Waals surface area contributed by atoms with Gasteiger partial charge in [0.1, 0.15) is 12.1 Å². The number of hydrogen-bond donors (Lipinski definition) is 1. The average molecular weight is 290 g/mol. The first-order chi connectivity index (χ1) is 9.92. The fourth-order valence-corrected chi connectivity index (χ4v) is 2.07. The molecule has 1 atom stereocenters. The molecule has 21 heavy (non-hydrogen) atoms. The highest BCUT2D eigenvalue weighted by Gasteiger charge is 2.25. The molecule has 112 valence electrons. The zero-order valence-electron chi connectivity index (χ0n) is 12.3. The van der Waals surface area contributed by atoms with E-state index < -0.39 is 11.9 Å². The van der Waals surface area contributed by atoms with Gasteiger partial charge in [0.05, 0.1) is 0 Å². The lowest BCUT2D eigenvalue weighted by atomic mass is 10.2. The lowest BCUT2D eigenvalue weighted by Gasteiger charge is -2.25. The molecule has 0 fully saturated rings. The summed E-state index contributed by atoms with van der Waals surface area (Å²) in [6.45, 7) is 5.21. The molecule has 6 nitrogen and oxygen atoms in total. The number of furan rings is 1. The molecule has 0 saturated carbocycles. The van der Waals surface area contributed by atoms with Gasteiger partial charge < -0.3 is 14.4 Å². The number of carboxylic acid groups (broad SMARTS) is 1. The topological polar surface area (TPSA) is 83.6 Å². The van der Waals surface area contributed by atoms with Crippen molar-refractivity contribution >= 4 is 23.0 Å². The Kier molecular flexibility index (Phi) is 4.26. The van der Waals surface area contributed by atoms with Gasteiger partial charge in [-0.1, -0.05) is 6.92 Å². The Balaban J connectivity index is 2.35. The summed E-state index contributed by atoms with van der Waals surface area (Å²) in [5.41, 5.74) is 1.94. The Bertz CT molecular complexity index is 677. The molecule has 1 amide bonds. The van der Waals surface area contributed by atoms with Crippen LogP contribution >= 0.6 is 0 Å². The Morgan fingerprint density at radius 1 is 1.43 bits per heavy atom. The second kappa shape index (κ2) is 5.95. The summed E-state index contributed by atoms with van der Waals surface area (Å²) in [5, 5.41) is 8.96. The molecule has 0 aromatic carbocycles. The van der Waals surface area contributed by atoms with Crippen LogP contribution in [-0.2, 0) is 4.79 Å². The van der Waals surface area contributed by atoms with Gasteiger partial charge >= 0.3 is 5.97 Å². The van der Waals surface area contributed by atoms with Crippen LogP contribution in [0.2, 0.25) is 0 Å². The molecule has 0 bridgehead atoms. The van der Waals surface area contributed by atoms with Crippen molar-refractivity contribution < 1.29 is 19.1 Å². The van der Waals surface area contributed by atoms with Gasteiger partial charge in [0.2, 0.25) is 0 Å². The maximum absolute atomic E-state index is 12.5. The number of rotatable bonds is 5. The average Bonchev–Trinajstić information content (AvgIpc) is 2.85. The summed E-state index contributed by atoms with van der Waals surface area (Å²) < 4.78 is 5.50. The highest BCUT2D eigenvalue weighted by atomic mass is 16.4. The Hall–Kier alpha value is -2.37. The first kappa shape index (κ1) is 15.0. The lowest BCUT2D eigenvalue weighted by molar-refractivity contribution is -0.138. The van der Waals surface area contributed by atoms with Crippen molar-refractivity contribution in [3.05, 3.63) is 29.7 Å². The maximum Gasteiger partial charge on any atom is 0.323 e. The smallest absolute Gasteiger partial charge is 0.323 e. The van der Waals surface area contributed by atoms with Crippen LogP contribution < -0.4 is 0 Å². The number of aliphatic carboxylic acids is 1. The van der Waals surface area contributed by atoms with Crippen LogP contribution in [0, 0.1) is 6.92 Å². The minimum absolute atomic E-state index is 0.115. The zero-order chi connectivity index (χ0) is 15.6. The van der Waals surface area contributed by atoms with Crippen LogP contribution in [0.25, 0.3) is 11.1 Å². The summed E-state index contributed by atoms with van der Waals surface area (Å²) in [6.07, 6.45) is 0.663. The molecule has 0 aliphatic heterocycles. The molecular formula is C15H18N2O4. The van der Waals surface area contributed by atoms with Gasteiger partial charge in [-0.2, -0.15) is 0 Å². The fraction of sp³-hybridized carbons (Fsp3) is 0.400. The Morgan fingerprint density at radius 2 is 2.14 bits per heavy atom. The van der Waals surface area contributed by atoms with E-state index in [1.807, 2.05) is 20.8 Å². The van der Waals surface area contributed by atoms with E-state index in [-0.39, 0.29) is 18.3 Å². The number of fused-ring (bicyclic) bond motifs is 1. The highest BCUT2D eigenvalue weighted by molar-refractivity contribution is 5.96. The summed E-state index contributed by atoms with van der Waals surface area (Å²) in [5.74, 6) is -1.36. The quantitative estimate of drug-likeness (QED) is 0.914. The predicted molar refractivity (Wildman–Crippen MR) is 77.2 cm³/mol. The Morgan fingerprint density at radius 3 is 2.76 bits per heavy atom. The van der Waals surface area contributed by atoms with E-state index in [2.05, 4.69) is 4.98 Å². The first-order valence-electron chi connectivity index (χ1n) is 6.82. The number of pyridine rings is 1. The van der Waals surface area contributed by atoms with E-state index in [1.165, 1.54) is 4.90 Å². The fourth-order valence-electron chi connectivity index (χ4n) is 2.07. The van der Waals surface area contributed by atoms with Crippen molar-refractivity contribution in [2.24, 2.45) is 0 Å². The van der Waals surface area contributed by atoms with Crippen molar-refractivity contribution in [1.82, 2.24) is 9.88 Å². The lowest BCUT2D eigenvalue weighted by Crippen LogP contribution is -2.41. The van der Waals surface area contributed by atoms with E-state index in [0.29, 0.717) is 17.5 Å². The molecular weight excluding hydrogens is 272 g/mol. The number of amides is 1. The molecule has 6 heteroatoms. The van der Waals surface area contributed by atoms with Gasteiger partial charge in [-0.05, 0) is 32.4 Å². The molecule has 2 aromatic heterocycles. The van der Waals surface area contributed by atoms with Crippen molar-refractivity contribution in [2.75, 3.05) is 6.54 Å². The van der Waals surface area contributed by atoms with Crippen LogP contribution in [0.5, 0.6) is 0 Å². The maximum atomic E-state index is 12.5. The number of aromatic nitrogens is 1. The Labute approximate surface area is 122 Å². The summed E-state index contributed by atoms with van der Waals surface area (Å²) in [6, 6.07) is 4.92. The second-order valence-corrected chi connectivity index (χ2v) is 5.03. The zero-order valence-corrected chi connectivity index (χ0v) is 12.3. The third kappa shape index (κ3) is 3.21. The van der Waals surface area contributed by atoms with Gasteiger partial charge in [0.15, 0.2) is 11.3 Å². The number of carbonyl (C=O) groups excluding carboxylic acids is 1. The highest BCUT2D eigenvalue weighted by Crippen LogP contribution is 2.20. The van der Waals surface area contributed by atoms with Crippen molar-refractivity contribution in [1.29, 1.82) is 0 Å². The van der Waals surface area contributed by atoms with Crippen molar-refractivity contribution in [2.45, 2.75) is 33.2 Å². The summed E-state index contributed by atoms with van der Waals surface area (Å²) in [7, 11) is 0. The first-order valence-corrected chi connectivity index (χ1v) is 6.82. The molecule has 2 aromatic rings. The molecule has 0 spiro atoms. The van der Waals surface area contributed by atoms with Crippen LogP contribution in [-0.4, -0.2) is 39.5 Å². The number of nitrogens with zero attached hydrogens (tertiary/aromatic N) is 2. The molecule has 2 rings (SSSR count). The summed E-state index contributed by atoms with van der Waals surface area (Å²) in [4.78, 5) is 29.0. The molecule has 1 N–H and O–H groups in total. The van der Waals surface area contributed by atoms with Gasteiger partial charge in [-0.15, -0.1) is 0 Å². The van der Waals surface area contributed by atoms with Crippen LogP contribution in [0.15, 0.2) is 22.6 Å². The molecule has 0 saturated heterocycles. The van der Waals surface area contributed by atoms with Gasteiger partial charge in [-0.25, -0.2) is 4.98 Å². The molecule has 0 radical (unpaired) electrons. The van der Waals surface area contributed by atoms with Crippen LogP contribution in [0.4, 0.5) is 0 Å². The molecule has 0 aliphatic rings. The van der Waals surface area contributed by atoms with Crippen molar-refractivity contribution in [3.63, 3.8) is 0 Å². The van der Waals surface area contributed by atoms with Gasteiger partial charge in [-0.3, -0.25) is 9.59 Å². The molecule has 0 aliphatic carbocycles. The number of aryl methyl sites for hydroxylation is 1. The normalized spacial score (nSPS) is 12.3. The number of hydrogen-bond acceptors (Lipinski definition) is 4. The minimum atomic E-state index is -1.05. The van der Waals surface area contributed by atoms with Gasteiger partial charge in [0, 0.05) is 17.8 Å².